The summed E-state index contributed by atoms with van der Waals surface area (Å²) in [5, 5.41) is 0. The van der Waals surface area contributed by atoms with Crippen molar-refractivity contribution in [1.29, 1.82) is 0 Å². The summed E-state index contributed by atoms with van der Waals surface area (Å²) < 4.78 is 7.50. The number of hydrogen-bond acceptors (Lipinski definition) is 1. The largest absolute Gasteiger partial charge is 0.369 e. The number of hydrogen-bond donors (Lipinski definition) is 0. The number of ether oxygens (including phenoxy) is 1. The van der Waals surface area contributed by atoms with Crippen molar-refractivity contribution in [3.63, 3.8) is 0 Å². The van der Waals surface area contributed by atoms with Crippen LogP contribution in [0.25, 0.3) is 0 Å². The molecule has 1 aliphatic carbocycles. The molecule has 1 aromatic rings. The van der Waals surface area contributed by atoms with Crippen LogP contribution in [0.4, 0.5) is 0 Å². The third-order valence-corrected chi connectivity index (χ3v) is 5.06. The summed E-state index contributed by atoms with van der Waals surface area (Å²) in [4.78, 5) is 0. The minimum atomic E-state index is 0.238. The molecule has 3 unspecified atom stereocenters. The van der Waals surface area contributed by atoms with E-state index in [0.717, 1.165) is 10.3 Å². The van der Waals surface area contributed by atoms with Crippen LogP contribution < -0.4 is 0 Å². The highest BCUT2D eigenvalue weighted by Crippen LogP contribution is 2.41. The van der Waals surface area contributed by atoms with Gasteiger partial charge in [-0.25, -0.2) is 0 Å². The lowest BCUT2D eigenvalue weighted by atomic mass is 9.71. The monoisotopic (exact) mass is 386 g/mol. The van der Waals surface area contributed by atoms with Crippen LogP contribution in [0.2, 0.25) is 0 Å². The molecule has 0 radical (unpaired) electrons. The van der Waals surface area contributed by atoms with E-state index in [1.54, 1.807) is 0 Å². The summed E-state index contributed by atoms with van der Waals surface area (Å²) in [6.07, 6.45) is 4.38. The third kappa shape index (κ3) is 4.45. The fourth-order valence-corrected chi connectivity index (χ4v) is 4.38. The summed E-state index contributed by atoms with van der Waals surface area (Å²) in [5.41, 5.74) is 3.07. The van der Waals surface area contributed by atoms with Crippen LogP contribution in [0, 0.1) is 18.3 Å². The second-order valence-corrected chi connectivity index (χ2v) is 8.11. The van der Waals surface area contributed by atoms with Crippen molar-refractivity contribution in [2.24, 2.45) is 11.3 Å². The molecule has 1 aromatic carbocycles. The van der Waals surface area contributed by atoms with Gasteiger partial charge in [0.1, 0.15) is 0 Å². The van der Waals surface area contributed by atoms with Crippen LogP contribution in [0.3, 0.4) is 0 Å². The number of benzene rings is 1. The highest BCUT2D eigenvalue weighted by molar-refractivity contribution is 14.1. The standard InChI is InChI=1S/C18H27IO/c1-13-6-5-7-15(8-13)17(12-19)20-16-9-14(2)10-18(3,4)11-16/h5-8,14,16-17H,9-12H2,1-4H3. The zero-order chi connectivity index (χ0) is 14.8. The van der Waals surface area contributed by atoms with E-state index in [4.69, 9.17) is 4.74 Å². The van der Waals surface area contributed by atoms with E-state index in [1.807, 2.05) is 0 Å². The smallest absolute Gasteiger partial charge is 0.0918 e. The fourth-order valence-electron chi connectivity index (χ4n) is 3.67. The lowest BCUT2D eigenvalue weighted by Crippen LogP contribution is -2.33. The summed E-state index contributed by atoms with van der Waals surface area (Å²) >= 11 is 2.45. The highest BCUT2D eigenvalue weighted by Gasteiger charge is 2.33. The Morgan fingerprint density at radius 1 is 1.35 bits per heavy atom. The zero-order valence-corrected chi connectivity index (χ0v) is 15.3. The first-order chi connectivity index (χ1) is 9.39. The molecule has 1 fully saturated rings. The molecule has 0 spiro atoms. The maximum Gasteiger partial charge on any atom is 0.0918 e. The molecular weight excluding hydrogens is 359 g/mol. The van der Waals surface area contributed by atoms with Crippen molar-refractivity contribution < 1.29 is 4.74 Å². The molecule has 0 aromatic heterocycles. The van der Waals surface area contributed by atoms with Crippen molar-refractivity contribution in [3.05, 3.63) is 35.4 Å². The molecule has 2 heteroatoms. The van der Waals surface area contributed by atoms with E-state index in [1.165, 1.54) is 30.4 Å². The van der Waals surface area contributed by atoms with Crippen LogP contribution in [0.15, 0.2) is 24.3 Å². The molecular formula is C18H27IO. The molecule has 0 amide bonds. The van der Waals surface area contributed by atoms with Gasteiger partial charge in [0.2, 0.25) is 0 Å². The Hall–Kier alpha value is -0.0900. The van der Waals surface area contributed by atoms with Gasteiger partial charge in [0.05, 0.1) is 12.2 Å². The van der Waals surface area contributed by atoms with Crippen LogP contribution in [-0.2, 0) is 4.74 Å². The third-order valence-electron chi connectivity index (χ3n) is 4.26. The van der Waals surface area contributed by atoms with Crippen LogP contribution in [-0.4, -0.2) is 10.5 Å². The summed E-state index contributed by atoms with van der Waals surface area (Å²) in [6.45, 7) is 9.28. The van der Waals surface area contributed by atoms with Gasteiger partial charge in [-0.3, -0.25) is 0 Å². The minimum Gasteiger partial charge on any atom is -0.369 e. The van der Waals surface area contributed by atoms with Gasteiger partial charge in [-0.2, -0.15) is 0 Å². The predicted octanol–water partition coefficient (Wildman–Crippen LogP) is 5.70. The molecule has 1 nitrogen and oxygen atoms in total. The van der Waals surface area contributed by atoms with Crippen molar-refractivity contribution in [2.45, 2.75) is 59.2 Å². The minimum absolute atomic E-state index is 0.238. The van der Waals surface area contributed by atoms with Gasteiger partial charge in [-0.05, 0) is 43.1 Å². The number of alkyl halides is 1. The highest BCUT2D eigenvalue weighted by atomic mass is 127. The Morgan fingerprint density at radius 2 is 2.10 bits per heavy atom. The normalized spacial score (nSPS) is 27.2. The van der Waals surface area contributed by atoms with Gasteiger partial charge >= 0.3 is 0 Å². The summed E-state index contributed by atoms with van der Waals surface area (Å²) in [6, 6.07) is 8.76. The predicted molar refractivity (Wildman–Crippen MR) is 94.5 cm³/mol. The summed E-state index contributed by atoms with van der Waals surface area (Å²) in [5.74, 6) is 0.774. The quantitative estimate of drug-likeness (QED) is 0.476. The van der Waals surface area contributed by atoms with Gasteiger partial charge in [-0.15, -0.1) is 0 Å². The van der Waals surface area contributed by atoms with E-state index in [0.29, 0.717) is 11.5 Å². The molecule has 1 saturated carbocycles. The average Bonchev–Trinajstić information content (AvgIpc) is 2.33. The van der Waals surface area contributed by atoms with Gasteiger partial charge in [-0.1, -0.05) is 73.2 Å². The molecule has 20 heavy (non-hydrogen) atoms. The molecule has 0 bridgehead atoms. The van der Waals surface area contributed by atoms with E-state index >= 15 is 0 Å². The van der Waals surface area contributed by atoms with Crippen LogP contribution >= 0.6 is 22.6 Å². The topological polar surface area (TPSA) is 9.23 Å². The van der Waals surface area contributed by atoms with Gasteiger partial charge < -0.3 is 4.74 Å². The molecule has 0 heterocycles. The van der Waals surface area contributed by atoms with Crippen molar-refractivity contribution in [2.75, 3.05) is 4.43 Å². The maximum absolute atomic E-state index is 6.48. The molecule has 0 aliphatic heterocycles. The van der Waals surface area contributed by atoms with Crippen LogP contribution in [0.1, 0.15) is 57.3 Å². The lowest BCUT2D eigenvalue weighted by molar-refractivity contribution is -0.0574. The SMILES string of the molecule is Cc1cccc(C(CI)OC2CC(C)CC(C)(C)C2)c1. The van der Waals surface area contributed by atoms with Crippen molar-refractivity contribution in [1.82, 2.24) is 0 Å². The molecule has 112 valence electrons. The van der Waals surface area contributed by atoms with Gasteiger partial charge in [0, 0.05) is 4.43 Å². The Labute approximate surface area is 137 Å². The molecule has 2 rings (SSSR count). The number of rotatable bonds is 4. The first kappa shape index (κ1) is 16.3. The molecule has 3 atom stereocenters. The Morgan fingerprint density at radius 3 is 2.70 bits per heavy atom. The first-order valence-electron chi connectivity index (χ1n) is 7.67. The van der Waals surface area contributed by atoms with Gasteiger partial charge in [0.15, 0.2) is 0 Å². The second-order valence-electron chi connectivity index (χ2n) is 7.23. The summed E-state index contributed by atoms with van der Waals surface area (Å²) in [7, 11) is 0. The Kier molecular flexibility index (Phi) is 5.52. The average molecular weight is 386 g/mol. The van der Waals surface area contributed by atoms with E-state index in [-0.39, 0.29) is 6.10 Å². The van der Waals surface area contributed by atoms with E-state index in [9.17, 15) is 0 Å². The van der Waals surface area contributed by atoms with Gasteiger partial charge in [0.25, 0.3) is 0 Å². The molecule has 0 N–H and O–H groups in total. The lowest BCUT2D eigenvalue weighted by Gasteiger charge is -2.40. The number of halogens is 1. The Balaban J connectivity index is 2.06. The Bertz CT molecular complexity index is 441. The van der Waals surface area contributed by atoms with Crippen molar-refractivity contribution >= 4 is 22.6 Å². The zero-order valence-electron chi connectivity index (χ0n) is 13.2. The molecule has 1 aliphatic rings. The second kappa shape index (κ2) is 6.78. The number of aryl methyl sites for hydroxylation is 1. The van der Waals surface area contributed by atoms with E-state index in [2.05, 4.69) is 74.6 Å². The fraction of sp³-hybridized carbons (Fsp3) is 0.667. The van der Waals surface area contributed by atoms with Crippen LogP contribution in [0.5, 0.6) is 0 Å². The first-order valence-corrected chi connectivity index (χ1v) is 9.20. The maximum atomic E-state index is 6.48. The van der Waals surface area contributed by atoms with Crippen molar-refractivity contribution in [3.8, 4) is 0 Å². The molecule has 0 saturated heterocycles. The van der Waals surface area contributed by atoms with E-state index < -0.39 is 0 Å².